The summed E-state index contributed by atoms with van der Waals surface area (Å²) in [6.07, 6.45) is -4.69. The number of halogens is 3. The van der Waals surface area contributed by atoms with Crippen LogP contribution in [0.2, 0.25) is 0 Å². The highest BCUT2D eigenvalue weighted by Crippen LogP contribution is 2.24. The Bertz CT molecular complexity index is 270. The van der Waals surface area contributed by atoms with E-state index in [-0.39, 0.29) is 11.5 Å². The van der Waals surface area contributed by atoms with Crippen LogP contribution in [0, 0.1) is 0 Å². The molecular weight excluding hydrogens is 173 g/mol. The summed E-state index contributed by atoms with van der Waals surface area (Å²) >= 11 is 0. The number of alkyl halides is 3. The van der Waals surface area contributed by atoms with Gasteiger partial charge in [0.1, 0.15) is 5.75 Å². The molecule has 0 heterocycles. The minimum absolute atomic E-state index is 0.0169. The summed E-state index contributed by atoms with van der Waals surface area (Å²) in [5.74, 6) is -0.383. The molecule has 0 amide bonds. The smallest absolute Gasteiger partial charge is 0.573 e. The Morgan fingerprint density at radius 2 is 1.92 bits per heavy atom. The Balaban J connectivity index is 2.77. The second-order valence-electron chi connectivity index (χ2n) is 2.08. The van der Waals surface area contributed by atoms with Gasteiger partial charge in [0, 0.05) is 6.07 Å². The van der Waals surface area contributed by atoms with Crippen molar-refractivity contribution in [2.24, 2.45) is 0 Å². The van der Waals surface area contributed by atoms with E-state index in [1.54, 1.807) is 0 Å². The first-order valence-electron chi connectivity index (χ1n) is 3.05. The molecule has 1 aromatic carbocycles. The normalized spacial score (nSPS) is 11.2. The molecule has 5 heteroatoms. The summed E-state index contributed by atoms with van der Waals surface area (Å²) in [6.45, 7) is 0. The van der Waals surface area contributed by atoms with E-state index < -0.39 is 6.36 Å². The van der Waals surface area contributed by atoms with Gasteiger partial charge in [-0.25, -0.2) is 0 Å². The van der Waals surface area contributed by atoms with Gasteiger partial charge < -0.3 is 9.84 Å². The van der Waals surface area contributed by atoms with Crippen LogP contribution in [0.3, 0.4) is 0 Å². The van der Waals surface area contributed by atoms with Crippen molar-refractivity contribution in [3.05, 3.63) is 24.3 Å². The molecule has 66 valence electrons. The van der Waals surface area contributed by atoms with Crippen molar-refractivity contribution in [2.75, 3.05) is 0 Å². The fourth-order valence-electron chi connectivity index (χ4n) is 0.693. The molecule has 0 aliphatic carbocycles. The number of rotatable bonds is 1. The molecule has 0 aliphatic rings. The van der Waals surface area contributed by atoms with Crippen molar-refractivity contribution in [2.45, 2.75) is 6.36 Å². The van der Waals surface area contributed by atoms with Crippen LogP contribution in [-0.2, 0) is 0 Å². The Morgan fingerprint density at radius 3 is 2.42 bits per heavy atom. The maximum atomic E-state index is 11.6. The lowest BCUT2D eigenvalue weighted by Crippen LogP contribution is -2.16. The van der Waals surface area contributed by atoms with Gasteiger partial charge in [0.25, 0.3) is 5.75 Å². The monoisotopic (exact) mass is 179 g/mol. The molecule has 0 atom stereocenters. The van der Waals surface area contributed by atoms with Gasteiger partial charge in [-0.3, -0.25) is 0 Å². The molecule has 0 spiro atoms. The highest BCUT2D eigenvalue weighted by Gasteiger charge is 2.31. The van der Waals surface area contributed by atoms with Gasteiger partial charge in [0.15, 0.2) is 0 Å². The van der Waals surface area contributed by atoms with E-state index in [0.29, 0.717) is 0 Å². The van der Waals surface area contributed by atoms with Crippen molar-refractivity contribution < 1.29 is 23.0 Å². The topological polar surface area (TPSA) is 32.1 Å². The Labute approximate surface area is 66.2 Å². The highest BCUT2D eigenvalue weighted by molar-refractivity contribution is 5.31. The van der Waals surface area contributed by atoms with E-state index >= 15 is 0 Å². The van der Waals surface area contributed by atoms with Gasteiger partial charge in [-0.05, 0) is 12.1 Å². The third kappa shape index (κ3) is 2.69. The zero-order chi connectivity index (χ0) is 9.19. The highest BCUT2D eigenvalue weighted by atomic mass is 19.4. The number of hydrogen-bond acceptors (Lipinski definition) is 1. The minimum Gasteiger partial charge on any atom is -0.593 e. The molecule has 2 N–H and O–H groups in total. The van der Waals surface area contributed by atoms with Crippen molar-refractivity contribution in [3.63, 3.8) is 0 Å². The van der Waals surface area contributed by atoms with Crippen LogP contribution in [0.1, 0.15) is 0 Å². The predicted molar refractivity (Wildman–Crippen MR) is 36.2 cm³/mol. The zero-order valence-corrected chi connectivity index (χ0v) is 5.85. The second-order valence-corrected chi connectivity index (χ2v) is 2.08. The van der Waals surface area contributed by atoms with Crippen molar-refractivity contribution in [3.8, 4) is 11.5 Å². The van der Waals surface area contributed by atoms with Crippen LogP contribution in [0.25, 0.3) is 0 Å². The van der Waals surface area contributed by atoms with Gasteiger partial charge in [-0.1, -0.05) is 0 Å². The van der Waals surface area contributed by atoms with Crippen molar-refractivity contribution in [1.29, 1.82) is 0 Å². The molecule has 0 fully saturated rings. The molecule has 0 saturated heterocycles. The molecule has 0 unspecified atom stereocenters. The first-order valence-corrected chi connectivity index (χ1v) is 3.05. The molecule has 1 aromatic rings. The Hall–Kier alpha value is -1.39. The molecule has 0 bridgehead atoms. The quantitative estimate of drug-likeness (QED) is 0.607. The summed E-state index contributed by atoms with van der Waals surface area (Å²) in [5, 5.41) is 7.00. The van der Waals surface area contributed by atoms with E-state index in [0.717, 1.165) is 12.1 Å². The van der Waals surface area contributed by atoms with Crippen LogP contribution >= 0.6 is 0 Å². The first kappa shape index (κ1) is 8.70. The average Bonchev–Trinajstić information content (AvgIpc) is 1.82. The van der Waals surface area contributed by atoms with Gasteiger partial charge in [-0.15, -0.1) is 13.2 Å². The third-order valence-corrected chi connectivity index (χ3v) is 1.07. The predicted octanol–water partition coefficient (Wildman–Crippen LogP) is 2.02. The summed E-state index contributed by atoms with van der Waals surface area (Å²) in [4.78, 5) is 0. The number of ether oxygens (including phenoxy) is 1. The van der Waals surface area contributed by atoms with Crippen LogP contribution in [0.4, 0.5) is 13.2 Å². The van der Waals surface area contributed by atoms with Crippen LogP contribution in [-0.4, -0.2) is 11.5 Å². The molecule has 0 aliphatic heterocycles. The Morgan fingerprint density at radius 1 is 1.25 bits per heavy atom. The Kier molecular flexibility index (Phi) is 2.12. The second kappa shape index (κ2) is 2.92. The molecule has 2 nitrogen and oxygen atoms in total. The van der Waals surface area contributed by atoms with E-state index in [1.807, 2.05) is 0 Å². The maximum Gasteiger partial charge on any atom is 0.573 e. The van der Waals surface area contributed by atoms with Crippen molar-refractivity contribution >= 4 is 0 Å². The fraction of sp³-hybridized carbons (Fsp3) is 0.143. The van der Waals surface area contributed by atoms with E-state index in [2.05, 4.69) is 4.74 Å². The van der Waals surface area contributed by atoms with Gasteiger partial charge in [0.2, 0.25) is 0 Å². The van der Waals surface area contributed by atoms with Crippen LogP contribution in [0.15, 0.2) is 24.3 Å². The van der Waals surface area contributed by atoms with Crippen molar-refractivity contribution in [1.82, 2.24) is 0 Å². The lowest BCUT2D eigenvalue weighted by molar-refractivity contribution is -0.274. The van der Waals surface area contributed by atoms with Gasteiger partial charge >= 0.3 is 6.36 Å². The van der Waals surface area contributed by atoms with E-state index in [4.69, 9.17) is 5.11 Å². The van der Waals surface area contributed by atoms with Crippen LogP contribution in [0.5, 0.6) is 11.5 Å². The molecule has 1 rings (SSSR count). The van der Waals surface area contributed by atoms with Gasteiger partial charge in [0.05, 0.1) is 6.07 Å². The minimum atomic E-state index is -4.69. The SMILES string of the molecule is [OH2+]c1cccc(OC(F)(F)F)c1. The maximum absolute atomic E-state index is 11.6. The summed E-state index contributed by atoms with van der Waals surface area (Å²) in [5.41, 5.74) is 0. The number of benzene rings is 1. The largest absolute Gasteiger partial charge is 0.593 e. The molecular formula is C7H6F3O2+. The summed E-state index contributed by atoms with van der Waals surface area (Å²) in [6, 6.07) is 4.83. The third-order valence-electron chi connectivity index (χ3n) is 1.07. The molecule has 0 saturated carbocycles. The molecule has 12 heavy (non-hydrogen) atoms. The van der Waals surface area contributed by atoms with E-state index in [1.165, 1.54) is 12.1 Å². The van der Waals surface area contributed by atoms with Gasteiger partial charge in [-0.2, -0.15) is 0 Å². The van der Waals surface area contributed by atoms with Crippen LogP contribution < -0.4 is 4.74 Å². The summed E-state index contributed by atoms with van der Waals surface area (Å²) in [7, 11) is 0. The first-order chi connectivity index (χ1) is 5.47. The summed E-state index contributed by atoms with van der Waals surface area (Å²) < 4.78 is 38.3. The standard InChI is InChI=1S/C7H5F3O2/c8-7(9,10)12-6-3-1-2-5(11)4-6/h1-4,11H/p+1. The molecule has 0 aromatic heterocycles. The molecule has 0 radical (unpaired) electrons. The zero-order valence-electron chi connectivity index (χ0n) is 5.85. The average molecular weight is 179 g/mol. The fourth-order valence-corrected chi connectivity index (χ4v) is 0.693. The lowest BCUT2D eigenvalue weighted by Gasteiger charge is -2.07. The number of hydrogen-bond donors (Lipinski definition) is 0. The lowest BCUT2D eigenvalue weighted by atomic mass is 10.3. The van der Waals surface area contributed by atoms with E-state index in [9.17, 15) is 13.2 Å².